The standard InChI is InChI=1S/C20H29N3O4S/c1-13(2)7-6-8-14(3)21-18(24)12-28-20-23-22-19(27-20)15-9-10-16(25-4)17(11-15)26-5/h9-11,13-14H,6-8,12H2,1-5H3,(H,21,24)/t14-/m1/s1. The Morgan fingerprint density at radius 3 is 2.57 bits per heavy atom. The maximum atomic E-state index is 12.1. The lowest BCUT2D eigenvalue weighted by Crippen LogP contribution is -2.33. The number of benzene rings is 1. The fourth-order valence-electron chi connectivity index (χ4n) is 2.70. The van der Waals surface area contributed by atoms with Crippen molar-refractivity contribution in [3.05, 3.63) is 18.2 Å². The van der Waals surface area contributed by atoms with E-state index in [9.17, 15) is 4.79 Å². The van der Waals surface area contributed by atoms with E-state index in [-0.39, 0.29) is 17.7 Å². The molecule has 28 heavy (non-hydrogen) atoms. The largest absolute Gasteiger partial charge is 0.493 e. The van der Waals surface area contributed by atoms with Crippen LogP contribution in [0, 0.1) is 5.92 Å². The van der Waals surface area contributed by atoms with Gasteiger partial charge < -0.3 is 19.2 Å². The van der Waals surface area contributed by atoms with Crippen LogP contribution in [-0.2, 0) is 4.79 Å². The highest BCUT2D eigenvalue weighted by Crippen LogP contribution is 2.32. The molecule has 1 heterocycles. The topological polar surface area (TPSA) is 86.5 Å². The van der Waals surface area contributed by atoms with E-state index in [1.165, 1.54) is 18.2 Å². The van der Waals surface area contributed by atoms with E-state index >= 15 is 0 Å². The van der Waals surface area contributed by atoms with E-state index < -0.39 is 0 Å². The maximum Gasteiger partial charge on any atom is 0.277 e. The lowest BCUT2D eigenvalue weighted by Gasteiger charge is -2.14. The second kappa shape index (κ2) is 10.9. The van der Waals surface area contributed by atoms with Crippen LogP contribution in [0.2, 0.25) is 0 Å². The first-order valence-corrected chi connectivity index (χ1v) is 10.4. The molecular formula is C20H29N3O4S. The van der Waals surface area contributed by atoms with Crippen molar-refractivity contribution in [2.45, 2.75) is 51.3 Å². The van der Waals surface area contributed by atoms with E-state index in [2.05, 4.69) is 29.4 Å². The molecule has 2 aromatic rings. The predicted molar refractivity (Wildman–Crippen MR) is 110 cm³/mol. The van der Waals surface area contributed by atoms with Crippen LogP contribution in [0.5, 0.6) is 11.5 Å². The average Bonchev–Trinajstić information content (AvgIpc) is 3.14. The second-order valence-corrected chi connectivity index (χ2v) is 7.95. The molecule has 2 rings (SSSR count). The number of amides is 1. The molecule has 0 saturated heterocycles. The van der Waals surface area contributed by atoms with Gasteiger partial charge >= 0.3 is 0 Å². The molecule has 1 amide bonds. The van der Waals surface area contributed by atoms with Crippen LogP contribution in [0.15, 0.2) is 27.8 Å². The first-order valence-electron chi connectivity index (χ1n) is 9.41. The molecule has 0 radical (unpaired) electrons. The molecular weight excluding hydrogens is 378 g/mol. The summed E-state index contributed by atoms with van der Waals surface area (Å²) in [5, 5.41) is 11.4. The summed E-state index contributed by atoms with van der Waals surface area (Å²) in [6.45, 7) is 6.45. The maximum absolute atomic E-state index is 12.1. The number of hydrogen-bond donors (Lipinski definition) is 1. The van der Waals surface area contributed by atoms with Crippen LogP contribution in [0.4, 0.5) is 0 Å². The van der Waals surface area contributed by atoms with Crippen LogP contribution in [0.25, 0.3) is 11.5 Å². The summed E-state index contributed by atoms with van der Waals surface area (Å²) in [5.74, 6) is 2.47. The molecule has 1 aromatic carbocycles. The second-order valence-electron chi connectivity index (χ2n) is 7.02. The van der Waals surface area contributed by atoms with Crippen molar-refractivity contribution >= 4 is 17.7 Å². The molecule has 1 aromatic heterocycles. The Labute approximate surface area is 170 Å². The number of carbonyl (C=O) groups excluding carboxylic acids is 1. The number of rotatable bonds is 11. The molecule has 0 bridgehead atoms. The summed E-state index contributed by atoms with van der Waals surface area (Å²) in [4.78, 5) is 12.1. The fourth-order valence-corrected chi connectivity index (χ4v) is 3.28. The third-order valence-electron chi connectivity index (χ3n) is 4.19. The van der Waals surface area contributed by atoms with E-state index in [4.69, 9.17) is 13.9 Å². The van der Waals surface area contributed by atoms with Gasteiger partial charge in [0.1, 0.15) is 0 Å². The quantitative estimate of drug-likeness (QED) is 0.559. The molecule has 0 saturated carbocycles. The number of nitrogens with one attached hydrogen (secondary N) is 1. The van der Waals surface area contributed by atoms with Gasteiger partial charge in [-0.2, -0.15) is 0 Å². The molecule has 8 heteroatoms. The molecule has 0 aliphatic heterocycles. The van der Waals surface area contributed by atoms with Gasteiger partial charge in [0.05, 0.1) is 20.0 Å². The minimum atomic E-state index is -0.0343. The summed E-state index contributed by atoms with van der Waals surface area (Å²) >= 11 is 1.22. The third-order valence-corrected chi connectivity index (χ3v) is 5.01. The molecule has 1 N–H and O–H groups in total. The average molecular weight is 408 g/mol. The number of methoxy groups -OCH3 is 2. The summed E-state index contributed by atoms with van der Waals surface area (Å²) in [7, 11) is 3.15. The molecule has 0 aliphatic rings. The Morgan fingerprint density at radius 2 is 1.89 bits per heavy atom. The van der Waals surface area contributed by atoms with Crippen LogP contribution >= 0.6 is 11.8 Å². The fraction of sp³-hybridized carbons (Fsp3) is 0.550. The summed E-state index contributed by atoms with van der Waals surface area (Å²) < 4.78 is 16.2. The first-order chi connectivity index (χ1) is 13.4. The molecule has 1 atom stereocenters. The van der Waals surface area contributed by atoms with E-state index in [0.29, 0.717) is 28.5 Å². The van der Waals surface area contributed by atoms with Gasteiger partial charge in [0.2, 0.25) is 11.8 Å². The summed E-state index contributed by atoms with van der Waals surface area (Å²) in [6, 6.07) is 5.53. The lowest BCUT2D eigenvalue weighted by atomic mass is 10.0. The Morgan fingerprint density at radius 1 is 1.14 bits per heavy atom. The monoisotopic (exact) mass is 407 g/mol. The Kier molecular flexibility index (Phi) is 8.63. The van der Waals surface area contributed by atoms with Gasteiger partial charge in [0.25, 0.3) is 5.22 Å². The summed E-state index contributed by atoms with van der Waals surface area (Å²) in [6.07, 6.45) is 3.28. The highest BCUT2D eigenvalue weighted by Gasteiger charge is 2.14. The molecule has 0 unspecified atom stereocenters. The zero-order valence-corrected chi connectivity index (χ0v) is 18.0. The van der Waals surface area contributed by atoms with Crippen molar-refractivity contribution < 1.29 is 18.7 Å². The highest BCUT2D eigenvalue weighted by molar-refractivity contribution is 7.99. The van der Waals surface area contributed by atoms with Crippen LogP contribution < -0.4 is 14.8 Å². The number of aromatic nitrogens is 2. The van der Waals surface area contributed by atoms with Crippen LogP contribution in [0.3, 0.4) is 0 Å². The predicted octanol–water partition coefficient (Wildman–Crippen LogP) is 4.18. The number of carbonyl (C=O) groups is 1. The van der Waals surface area contributed by atoms with Crippen LogP contribution in [0.1, 0.15) is 40.0 Å². The third kappa shape index (κ3) is 6.74. The number of hydrogen-bond acceptors (Lipinski definition) is 7. The van der Waals surface area contributed by atoms with Crippen molar-refractivity contribution in [2.75, 3.05) is 20.0 Å². The van der Waals surface area contributed by atoms with Gasteiger partial charge in [0.15, 0.2) is 11.5 Å². The van der Waals surface area contributed by atoms with Crippen molar-refractivity contribution in [3.8, 4) is 23.0 Å². The molecule has 0 spiro atoms. The van der Waals surface area contributed by atoms with Gasteiger partial charge in [-0.25, -0.2) is 0 Å². The van der Waals surface area contributed by atoms with Gasteiger partial charge in [0, 0.05) is 11.6 Å². The van der Waals surface area contributed by atoms with Gasteiger partial charge in [-0.05, 0) is 37.5 Å². The number of nitrogens with zero attached hydrogens (tertiary/aromatic N) is 2. The van der Waals surface area contributed by atoms with Gasteiger partial charge in [-0.1, -0.05) is 38.5 Å². The zero-order valence-electron chi connectivity index (χ0n) is 17.2. The molecule has 7 nitrogen and oxygen atoms in total. The Balaban J connectivity index is 1.85. The van der Waals surface area contributed by atoms with Crippen molar-refractivity contribution in [3.63, 3.8) is 0 Å². The number of ether oxygens (including phenoxy) is 2. The van der Waals surface area contributed by atoms with Crippen molar-refractivity contribution in [2.24, 2.45) is 5.92 Å². The minimum absolute atomic E-state index is 0.0343. The van der Waals surface area contributed by atoms with Gasteiger partial charge in [-0.3, -0.25) is 4.79 Å². The normalized spacial score (nSPS) is 12.1. The molecule has 154 valence electrons. The first kappa shape index (κ1) is 22.1. The van der Waals surface area contributed by atoms with Gasteiger partial charge in [-0.15, -0.1) is 10.2 Å². The molecule has 0 fully saturated rings. The summed E-state index contributed by atoms with van der Waals surface area (Å²) in [5.41, 5.74) is 0.722. The zero-order chi connectivity index (χ0) is 20.5. The van der Waals surface area contributed by atoms with Crippen molar-refractivity contribution in [1.82, 2.24) is 15.5 Å². The Hall–Kier alpha value is -2.22. The van der Waals surface area contributed by atoms with E-state index in [0.717, 1.165) is 18.4 Å². The van der Waals surface area contributed by atoms with Crippen LogP contribution in [-0.4, -0.2) is 42.1 Å². The number of thioether (sulfide) groups is 1. The smallest absolute Gasteiger partial charge is 0.277 e. The Bertz CT molecular complexity index is 764. The van der Waals surface area contributed by atoms with E-state index in [1.807, 2.05) is 13.0 Å². The minimum Gasteiger partial charge on any atom is -0.493 e. The van der Waals surface area contributed by atoms with E-state index in [1.54, 1.807) is 26.4 Å². The lowest BCUT2D eigenvalue weighted by molar-refractivity contribution is -0.119. The van der Waals surface area contributed by atoms with Crippen molar-refractivity contribution in [1.29, 1.82) is 0 Å². The highest BCUT2D eigenvalue weighted by atomic mass is 32.2. The molecule has 0 aliphatic carbocycles. The SMILES string of the molecule is COc1ccc(-c2nnc(SCC(=O)N[C@H](C)CCCC(C)C)o2)cc1OC.